The fourth-order valence-corrected chi connectivity index (χ4v) is 2.90. The van der Waals surface area contributed by atoms with E-state index in [1.807, 2.05) is 0 Å². The third-order valence-corrected chi connectivity index (χ3v) is 4.05. The SMILES string of the molecule is Cl.N[C@@H](c1cc(Cl)ccc1F)[C@H](O)C1CCCCC1. The Morgan fingerprint density at radius 2 is 1.89 bits per heavy atom. The van der Waals surface area contributed by atoms with E-state index in [4.69, 9.17) is 17.3 Å². The van der Waals surface area contributed by atoms with E-state index in [0.717, 1.165) is 25.7 Å². The number of aliphatic hydroxyl groups excluding tert-OH is 1. The smallest absolute Gasteiger partial charge is 0.128 e. The highest BCUT2D eigenvalue weighted by atomic mass is 35.5. The van der Waals surface area contributed by atoms with Crippen LogP contribution in [0.3, 0.4) is 0 Å². The van der Waals surface area contributed by atoms with Crippen LogP contribution >= 0.6 is 24.0 Å². The van der Waals surface area contributed by atoms with Gasteiger partial charge in [-0.2, -0.15) is 0 Å². The van der Waals surface area contributed by atoms with Crippen LogP contribution in [0.5, 0.6) is 0 Å². The normalized spacial score (nSPS) is 19.6. The van der Waals surface area contributed by atoms with Gasteiger partial charge in [-0.15, -0.1) is 12.4 Å². The van der Waals surface area contributed by atoms with Crippen molar-refractivity contribution in [3.05, 3.63) is 34.6 Å². The van der Waals surface area contributed by atoms with E-state index in [1.54, 1.807) is 0 Å². The Kier molecular flexibility index (Phi) is 6.54. The molecule has 19 heavy (non-hydrogen) atoms. The fraction of sp³-hybridized carbons (Fsp3) is 0.571. The van der Waals surface area contributed by atoms with Crippen LogP contribution in [0.15, 0.2) is 18.2 Å². The third-order valence-electron chi connectivity index (χ3n) is 3.82. The number of hydrogen-bond acceptors (Lipinski definition) is 2. The lowest BCUT2D eigenvalue weighted by molar-refractivity contribution is 0.0608. The van der Waals surface area contributed by atoms with Gasteiger partial charge in [0.2, 0.25) is 0 Å². The Bertz CT molecular complexity index is 410. The molecule has 0 aliphatic heterocycles. The lowest BCUT2D eigenvalue weighted by Crippen LogP contribution is -2.34. The lowest BCUT2D eigenvalue weighted by atomic mass is 9.81. The zero-order valence-corrected chi connectivity index (χ0v) is 12.3. The molecule has 5 heteroatoms. The molecule has 3 N–H and O–H groups in total. The minimum atomic E-state index is -0.702. The van der Waals surface area contributed by atoms with Crippen molar-refractivity contribution in [3.63, 3.8) is 0 Å². The molecule has 0 amide bonds. The van der Waals surface area contributed by atoms with Crippen LogP contribution in [0.4, 0.5) is 4.39 Å². The van der Waals surface area contributed by atoms with Gasteiger partial charge >= 0.3 is 0 Å². The molecule has 1 aromatic rings. The zero-order valence-electron chi connectivity index (χ0n) is 10.7. The fourth-order valence-electron chi connectivity index (χ4n) is 2.72. The van der Waals surface area contributed by atoms with Crippen LogP contribution in [-0.2, 0) is 0 Å². The molecule has 108 valence electrons. The van der Waals surface area contributed by atoms with Gasteiger partial charge in [0.05, 0.1) is 12.1 Å². The summed E-state index contributed by atoms with van der Waals surface area (Å²) in [5.41, 5.74) is 6.30. The Morgan fingerprint density at radius 1 is 1.26 bits per heavy atom. The summed E-state index contributed by atoms with van der Waals surface area (Å²) in [6.45, 7) is 0. The van der Waals surface area contributed by atoms with Gasteiger partial charge < -0.3 is 10.8 Å². The second kappa shape index (κ2) is 7.44. The highest BCUT2D eigenvalue weighted by Gasteiger charge is 2.29. The van der Waals surface area contributed by atoms with Gasteiger partial charge in [-0.1, -0.05) is 30.9 Å². The topological polar surface area (TPSA) is 46.2 Å². The van der Waals surface area contributed by atoms with Crippen molar-refractivity contribution in [2.75, 3.05) is 0 Å². The number of benzene rings is 1. The van der Waals surface area contributed by atoms with Gasteiger partial charge in [0.25, 0.3) is 0 Å². The summed E-state index contributed by atoms with van der Waals surface area (Å²) < 4.78 is 13.7. The van der Waals surface area contributed by atoms with Crippen LogP contribution in [0.25, 0.3) is 0 Å². The number of hydrogen-bond donors (Lipinski definition) is 2. The standard InChI is InChI=1S/C14H19ClFNO.ClH/c15-10-6-7-12(16)11(8-10)13(17)14(18)9-4-2-1-3-5-9;/h6-9,13-14,18H,1-5,17H2;1H/t13-,14+;/m0./s1. The van der Waals surface area contributed by atoms with E-state index in [1.165, 1.54) is 24.6 Å². The van der Waals surface area contributed by atoms with Gasteiger partial charge in [0.1, 0.15) is 5.82 Å². The van der Waals surface area contributed by atoms with Gasteiger partial charge in [0, 0.05) is 10.6 Å². The number of nitrogens with two attached hydrogens (primary N) is 1. The second-order valence-electron chi connectivity index (χ2n) is 5.08. The maximum absolute atomic E-state index is 13.7. The first kappa shape index (κ1) is 16.7. The molecule has 0 aromatic heterocycles. The molecule has 1 aliphatic carbocycles. The van der Waals surface area contributed by atoms with E-state index < -0.39 is 18.0 Å². The van der Waals surface area contributed by atoms with Crippen LogP contribution in [0.2, 0.25) is 5.02 Å². The minimum absolute atomic E-state index is 0. The van der Waals surface area contributed by atoms with Crippen molar-refractivity contribution < 1.29 is 9.50 Å². The monoisotopic (exact) mass is 307 g/mol. The maximum Gasteiger partial charge on any atom is 0.128 e. The van der Waals surface area contributed by atoms with E-state index in [-0.39, 0.29) is 18.3 Å². The molecular weight excluding hydrogens is 288 g/mol. The summed E-state index contributed by atoms with van der Waals surface area (Å²) >= 11 is 5.85. The van der Waals surface area contributed by atoms with Crippen LogP contribution in [0, 0.1) is 11.7 Å². The Morgan fingerprint density at radius 3 is 2.53 bits per heavy atom. The molecule has 2 nitrogen and oxygen atoms in total. The van der Waals surface area contributed by atoms with Crippen molar-refractivity contribution >= 4 is 24.0 Å². The van der Waals surface area contributed by atoms with Crippen molar-refractivity contribution in [2.24, 2.45) is 11.7 Å². The van der Waals surface area contributed by atoms with Gasteiger partial charge in [-0.25, -0.2) is 4.39 Å². The van der Waals surface area contributed by atoms with Gasteiger partial charge in [0.15, 0.2) is 0 Å². The molecule has 0 bridgehead atoms. The Balaban J connectivity index is 0.00000180. The Hall–Kier alpha value is -0.350. The third kappa shape index (κ3) is 4.06. The maximum atomic E-state index is 13.7. The molecule has 0 radical (unpaired) electrons. The summed E-state index contributed by atoms with van der Waals surface area (Å²) in [6, 6.07) is 3.59. The number of halogens is 3. The zero-order chi connectivity index (χ0) is 13.1. The molecular formula is C14H20Cl2FNO. The van der Waals surface area contributed by atoms with Gasteiger partial charge in [-0.05, 0) is 37.0 Å². The van der Waals surface area contributed by atoms with Crippen molar-refractivity contribution in [3.8, 4) is 0 Å². The van der Waals surface area contributed by atoms with Crippen molar-refractivity contribution in [1.29, 1.82) is 0 Å². The molecule has 0 heterocycles. The van der Waals surface area contributed by atoms with Crippen LogP contribution in [0.1, 0.15) is 43.7 Å². The Labute approximate surface area is 124 Å². The molecule has 1 aromatic carbocycles. The first-order chi connectivity index (χ1) is 8.59. The number of aliphatic hydroxyl groups is 1. The first-order valence-electron chi connectivity index (χ1n) is 6.48. The summed E-state index contributed by atoms with van der Waals surface area (Å²) in [4.78, 5) is 0. The molecule has 1 aliphatic rings. The first-order valence-corrected chi connectivity index (χ1v) is 6.86. The summed E-state index contributed by atoms with van der Waals surface area (Å²) in [5, 5.41) is 10.7. The molecule has 2 rings (SSSR count). The predicted octanol–water partition coefficient (Wildman–Crippen LogP) is 3.84. The molecule has 0 saturated heterocycles. The average molecular weight is 308 g/mol. The summed E-state index contributed by atoms with van der Waals surface area (Å²) in [5.74, 6) is -0.228. The molecule has 2 atom stereocenters. The quantitative estimate of drug-likeness (QED) is 0.891. The van der Waals surface area contributed by atoms with Crippen LogP contribution < -0.4 is 5.73 Å². The van der Waals surface area contributed by atoms with Gasteiger partial charge in [-0.3, -0.25) is 0 Å². The van der Waals surface area contributed by atoms with E-state index in [0.29, 0.717) is 10.6 Å². The van der Waals surface area contributed by atoms with Crippen LogP contribution in [-0.4, -0.2) is 11.2 Å². The second-order valence-corrected chi connectivity index (χ2v) is 5.52. The largest absolute Gasteiger partial charge is 0.391 e. The van der Waals surface area contributed by atoms with Crippen molar-refractivity contribution in [2.45, 2.75) is 44.2 Å². The lowest BCUT2D eigenvalue weighted by Gasteiger charge is -2.30. The molecule has 0 unspecified atom stereocenters. The number of rotatable bonds is 3. The van der Waals surface area contributed by atoms with E-state index in [2.05, 4.69) is 0 Å². The van der Waals surface area contributed by atoms with E-state index in [9.17, 15) is 9.50 Å². The van der Waals surface area contributed by atoms with E-state index >= 15 is 0 Å². The molecule has 1 saturated carbocycles. The predicted molar refractivity (Wildman–Crippen MR) is 78.2 cm³/mol. The highest BCUT2D eigenvalue weighted by molar-refractivity contribution is 6.30. The van der Waals surface area contributed by atoms with Crippen molar-refractivity contribution in [1.82, 2.24) is 0 Å². The molecule has 1 fully saturated rings. The summed E-state index contributed by atoms with van der Waals surface area (Å²) in [7, 11) is 0. The minimum Gasteiger partial charge on any atom is -0.391 e. The average Bonchev–Trinajstić information content (AvgIpc) is 2.41. The highest BCUT2D eigenvalue weighted by Crippen LogP contribution is 2.32. The summed E-state index contributed by atoms with van der Waals surface area (Å²) in [6.07, 6.45) is 4.69. The molecule has 0 spiro atoms.